The van der Waals surface area contributed by atoms with Gasteiger partial charge < -0.3 is 5.32 Å². The summed E-state index contributed by atoms with van der Waals surface area (Å²) in [7, 11) is -4.32. The van der Waals surface area contributed by atoms with Crippen molar-refractivity contribution in [2.75, 3.05) is 31.5 Å². The van der Waals surface area contributed by atoms with Gasteiger partial charge in [0.15, 0.2) is 4.90 Å². The van der Waals surface area contributed by atoms with Gasteiger partial charge in [-0.15, -0.1) is 0 Å². The lowest BCUT2D eigenvalue weighted by molar-refractivity contribution is -0.121. The van der Waals surface area contributed by atoms with E-state index in [1.165, 1.54) is 0 Å². The first-order valence-corrected chi connectivity index (χ1v) is 12.4. The second kappa shape index (κ2) is 10.0. The lowest BCUT2D eigenvalue weighted by atomic mass is 10.0. The maximum Gasteiger partial charge on any atom is 0.249 e. The molecule has 1 N–H and O–H groups in total. The van der Waals surface area contributed by atoms with E-state index in [0.717, 1.165) is 33.6 Å². The molecule has 0 spiro atoms. The van der Waals surface area contributed by atoms with Gasteiger partial charge in [0, 0.05) is 37.4 Å². The minimum absolute atomic E-state index is 0.0222. The fraction of sp³-hybridized carbons (Fsp3) is 0.240. The Kier molecular flexibility index (Phi) is 7.06. The van der Waals surface area contributed by atoms with Gasteiger partial charge in [-0.05, 0) is 30.7 Å². The van der Waals surface area contributed by atoms with Crippen molar-refractivity contribution in [1.29, 1.82) is 0 Å². The first-order valence-electron chi connectivity index (χ1n) is 10.9. The number of para-hydroxylation sites is 1. The van der Waals surface area contributed by atoms with Crippen LogP contribution >= 0.6 is 0 Å². The van der Waals surface area contributed by atoms with Crippen molar-refractivity contribution in [3.63, 3.8) is 0 Å². The van der Waals surface area contributed by atoms with Crippen molar-refractivity contribution in [2.45, 2.75) is 17.9 Å². The number of sulfonamides is 1. The Morgan fingerprint density at radius 1 is 0.853 bits per heavy atom. The molecule has 3 aromatic rings. The molecule has 0 saturated carbocycles. The van der Waals surface area contributed by atoms with E-state index >= 15 is 0 Å². The molecule has 6 nitrogen and oxygen atoms in total. The fourth-order valence-electron chi connectivity index (χ4n) is 4.05. The van der Waals surface area contributed by atoms with Gasteiger partial charge >= 0.3 is 0 Å². The van der Waals surface area contributed by atoms with E-state index in [2.05, 4.69) is 5.32 Å². The first-order chi connectivity index (χ1) is 16.3. The van der Waals surface area contributed by atoms with Crippen LogP contribution in [0, 0.1) is 11.6 Å². The van der Waals surface area contributed by atoms with Crippen LogP contribution in [0.4, 0.5) is 14.5 Å². The molecular weight excluding hydrogens is 460 g/mol. The summed E-state index contributed by atoms with van der Waals surface area (Å²) in [5.74, 6) is -2.46. The average molecular weight is 486 g/mol. The molecule has 4 rings (SSSR count). The van der Waals surface area contributed by atoms with E-state index in [1.807, 2.05) is 59.5 Å². The largest absolute Gasteiger partial charge is 0.324 e. The summed E-state index contributed by atoms with van der Waals surface area (Å²) in [4.78, 5) is 13.9. The zero-order valence-corrected chi connectivity index (χ0v) is 19.4. The number of hydrogen-bond donors (Lipinski definition) is 1. The van der Waals surface area contributed by atoms with Gasteiger partial charge in [-0.2, -0.15) is 4.31 Å². The molecule has 1 aliphatic heterocycles. The van der Waals surface area contributed by atoms with Crippen molar-refractivity contribution in [3.8, 4) is 11.1 Å². The first kappa shape index (κ1) is 24.0. The van der Waals surface area contributed by atoms with Crippen LogP contribution in [0.15, 0.2) is 77.7 Å². The highest BCUT2D eigenvalue weighted by Crippen LogP contribution is 2.28. The van der Waals surface area contributed by atoms with Crippen LogP contribution in [-0.4, -0.2) is 55.8 Å². The maximum absolute atomic E-state index is 14.1. The third-order valence-corrected chi connectivity index (χ3v) is 7.94. The molecule has 9 heteroatoms. The van der Waals surface area contributed by atoms with Crippen molar-refractivity contribution in [3.05, 3.63) is 84.4 Å². The van der Waals surface area contributed by atoms with E-state index in [1.54, 1.807) is 6.92 Å². The number of nitrogens with zero attached hydrogens (tertiary/aromatic N) is 2. The molecule has 34 heavy (non-hydrogen) atoms. The van der Waals surface area contributed by atoms with Crippen LogP contribution in [0.1, 0.15) is 6.92 Å². The summed E-state index contributed by atoms with van der Waals surface area (Å²) in [6, 6.07) is 19.7. The molecule has 1 aliphatic rings. The summed E-state index contributed by atoms with van der Waals surface area (Å²) in [5.41, 5.74) is 2.55. The molecule has 3 aromatic carbocycles. The summed E-state index contributed by atoms with van der Waals surface area (Å²) in [6.45, 7) is 2.30. The third kappa shape index (κ3) is 4.86. The van der Waals surface area contributed by atoms with Crippen molar-refractivity contribution in [1.82, 2.24) is 9.21 Å². The molecule has 0 radical (unpaired) electrons. The predicted octanol–water partition coefficient (Wildman–Crippen LogP) is 3.97. The second-order valence-corrected chi connectivity index (χ2v) is 9.94. The Labute approximate surface area is 197 Å². The number of amides is 1. The fourth-order valence-corrected chi connectivity index (χ4v) is 5.58. The van der Waals surface area contributed by atoms with Gasteiger partial charge in [0.1, 0.15) is 11.6 Å². The molecular formula is C25H25F2N3O3S. The van der Waals surface area contributed by atoms with Crippen molar-refractivity contribution < 1.29 is 22.0 Å². The minimum Gasteiger partial charge on any atom is -0.324 e. The third-order valence-electron chi connectivity index (χ3n) is 5.99. The number of halogens is 2. The average Bonchev–Trinajstić information content (AvgIpc) is 2.84. The number of hydrogen-bond acceptors (Lipinski definition) is 4. The normalized spacial score (nSPS) is 16.2. The van der Waals surface area contributed by atoms with E-state index in [9.17, 15) is 22.0 Å². The Bertz CT molecular complexity index is 1260. The zero-order valence-electron chi connectivity index (χ0n) is 18.6. The Hall–Kier alpha value is -3.14. The summed E-state index contributed by atoms with van der Waals surface area (Å²) >= 11 is 0. The van der Waals surface area contributed by atoms with Crippen molar-refractivity contribution in [2.24, 2.45) is 0 Å². The number of benzene rings is 3. The van der Waals surface area contributed by atoms with E-state index in [0.29, 0.717) is 5.69 Å². The zero-order chi connectivity index (χ0) is 24.3. The number of piperazine rings is 1. The van der Waals surface area contributed by atoms with E-state index < -0.39 is 32.6 Å². The molecule has 0 aliphatic carbocycles. The maximum atomic E-state index is 14.1. The molecule has 1 heterocycles. The summed E-state index contributed by atoms with van der Waals surface area (Å²) < 4.78 is 54.8. The van der Waals surface area contributed by atoms with Crippen LogP contribution in [0.25, 0.3) is 11.1 Å². The van der Waals surface area contributed by atoms with Gasteiger partial charge in [-0.3, -0.25) is 9.69 Å². The van der Waals surface area contributed by atoms with Crippen LogP contribution in [0.3, 0.4) is 0 Å². The summed E-state index contributed by atoms with van der Waals surface area (Å²) in [5, 5.41) is 2.98. The van der Waals surface area contributed by atoms with Gasteiger partial charge in [-0.25, -0.2) is 17.2 Å². The van der Waals surface area contributed by atoms with Gasteiger partial charge in [-0.1, -0.05) is 54.6 Å². The van der Waals surface area contributed by atoms with Crippen LogP contribution in [0.5, 0.6) is 0 Å². The molecule has 1 fully saturated rings. The lowest BCUT2D eigenvalue weighted by Gasteiger charge is -2.36. The van der Waals surface area contributed by atoms with E-state index in [-0.39, 0.29) is 32.1 Å². The van der Waals surface area contributed by atoms with Gasteiger partial charge in [0.2, 0.25) is 15.9 Å². The Morgan fingerprint density at radius 2 is 1.44 bits per heavy atom. The monoisotopic (exact) mass is 485 g/mol. The number of carbonyl (C=O) groups excluding carboxylic acids is 1. The lowest BCUT2D eigenvalue weighted by Crippen LogP contribution is -2.54. The topological polar surface area (TPSA) is 69.7 Å². The SMILES string of the molecule is CC(C(=O)Nc1ccccc1-c1ccccc1)N1CCN(S(=O)(=O)c2c(F)cccc2F)CC1. The highest BCUT2D eigenvalue weighted by atomic mass is 32.2. The highest BCUT2D eigenvalue weighted by Gasteiger charge is 2.35. The minimum atomic E-state index is -4.32. The van der Waals surface area contributed by atoms with Crippen LogP contribution < -0.4 is 5.32 Å². The Morgan fingerprint density at radius 3 is 2.09 bits per heavy atom. The van der Waals surface area contributed by atoms with Gasteiger partial charge in [0.25, 0.3) is 0 Å². The number of carbonyl (C=O) groups is 1. The van der Waals surface area contributed by atoms with Crippen molar-refractivity contribution >= 4 is 21.6 Å². The van der Waals surface area contributed by atoms with Crippen LogP contribution in [0.2, 0.25) is 0 Å². The smallest absolute Gasteiger partial charge is 0.249 e. The Balaban J connectivity index is 1.43. The highest BCUT2D eigenvalue weighted by molar-refractivity contribution is 7.89. The molecule has 1 saturated heterocycles. The number of anilines is 1. The molecule has 0 bridgehead atoms. The molecule has 1 unspecified atom stereocenters. The summed E-state index contributed by atoms with van der Waals surface area (Å²) in [6.07, 6.45) is 0. The van der Waals surface area contributed by atoms with Gasteiger partial charge in [0.05, 0.1) is 6.04 Å². The predicted molar refractivity (Wildman–Crippen MR) is 127 cm³/mol. The number of nitrogens with one attached hydrogen (secondary N) is 1. The number of rotatable bonds is 6. The van der Waals surface area contributed by atoms with E-state index in [4.69, 9.17) is 0 Å². The molecule has 1 amide bonds. The second-order valence-electron chi connectivity index (χ2n) is 8.07. The molecule has 1 atom stereocenters. The molecule has 178 valence electrons. The quantitative estimate of drug-likeness (QED) is 0.574. The molecule has 0 aromatic heterocycles. The van der Waals surface area contributed by atoms with Crippen LogP contribution in [-0.2, 0) is 14.8 Å². The standard InChI is InChI=1S/C25H25F2N3O3S/c1-18(25(31)28-23-13-6-5-10-20(23)19-8-3-2-4-9-19)29-14-16-30(17-15-29)34(32,33)24-21(26)11-7-12-22(24)27/h2-13,18H,14-17H2,1H3,(H,28,31).